The smallest absolute Gasteiger partial charge is 0.0685 e. The monoisotopic (exact) mass is 568 g/mol. The summed E-state index contributed by atoms with van der Waals surface area (Å²) in [4.78, 5) is 0. The lowest BCUT2D eigenvalue weighted by molar-refractivity contribution is 0.597. The van der Waals surface area contributed by atoms with Crippen LogP contribution in [-0.4, -0.2) is 11.1 Å². The van der Waals surface area contributed by atoms with Crippen molar-refractivity contribution in [1.82, 2.24) is 4.57 Å². The van der Waals surface area contributed by atoms with Crippen LogP contribution >= 0.6 is 0 Å². The van der Waals surface area contributed by atoms with E-state index in [1.54, 1.807) is 6.08 Å². The van der Waals surface area contributed by atoms with Crippen molar-refractivity contribution in [3.05, 3.63) is 121 Å². The normalized spacial score (nSPS) is 14.0. The second kappa shape index (κ2) is 22.4. The van der Waals surface area contributed by atoms with Gasteiger partial charge in [0, 0.05) is 24.4 Å². The number of hydrogen-bond donors (Lipinski definition) is 1. The molecule has 4 rings (SSSR count). The van der Waals surface area contributed by atoms with Crippen LogP contribution in [0.1, 0.15) is 116 Å². The van der Waals surface area contributed by atoms with E-state index in [1.165, 1.54) is 53.9 Å². The van der Waals surface area contributed by atoms with Gasteiger partial charge in [0.2, 0.25) is 0 Å². The standard InChI is InChI=1S/C31H38N2.C4H10.C3H6.C2H6/c1-4-13-27(22-25-14-7-5-8-15-25)28-20-21-33(31(28)26-16-9-6-10-17-26)30-19-12-11-18-29(30)32-23-24(2)3;1-3-4-2;1-3-2;1-2/h5-12,14-16,18-21,24,26-27,32H,4,13,17,22-23H2,1-3H3;3-4H2,1-2H3;3H,1H2,2H3;1-2H3. The van der Waals surface area contributed by atoms with Gasteiger partial charge in [-0.25, -0.2) is 0 Å². The topological polar surface area (TPSA) is 17.0 Å². The number of para-hydroxylation sites is 2. The van der Waals surface area contributed by atoms with Crippen molar-refractivity contribution in [2.45, 2.75) is 106 Å². The molecule has 230 valence electrons. The minimum absolute atomic E-state index is 0.397. The summed E-state index contributed by atoms with van der Waals surface area (Å²) in [6, 6.07) is 22.1. The molecule has 42 heavy (non-hydrogen) atoms. The third kappa shape index (κ3) is 12.3. The first-order valence-electron chi connectivity index (χ1n) is 16.5. The summed E-state index contributed by atoms with van der Waals surface area (Å²) in [6.07, 6.45) is 20.3. The lowest BCUT2D eigenvalue weighted by atomic mass is 9.84. The predicted molar refractivity (Wildman–Crippen MR) is 190 cm³/mol. The van der Waals surface area contributed by atoms with Gasteiger partial charge in [0.05, 0.1) is 11.4 Å². The van der Waals surface area contributed by atoms with Gasteiger partial charge in [-0.3, -0.25) is 0 Å². The van der Waals surface area contributed by atoms with E-state index < -0.39 is 0 Å². The van der Waals surface area contributed by atoms with Crippen molar-refractivity contribution < 1.29 is 0 Å². The average Bonchev–Trinajstić information content (AvgIpc) is 3.47. The number of anilines is 1. The lowest BCUT2D eigenvalue weighted by Gasteiger charge is -2.25. The SMILES string of the molecule is C=CC.CC.CCCC.CCCC(Cc1ccccc1)c1ccn(-c2ccccc2NCC(C)C)c1C1C=CC=CC1. The number of aromatic nitrogens is 1. The van der Waals surface area contributed by atoms with Crippen LogP contribution in [0.25, 0.3) is 5.69 Å². The number of rotatable bonds is 11. The molecule has 0 spiro atoms. The van der Waals surface area contributed by atoms with Crippen LogP contribution in [0.15, 0.2) is 104 Å². The molecule has 0 saturated carbocycles. The Hall–Kier alpha value is -3.26. The van der Waals surface area contributed by atoms with Gasteiger partial charge in [0.1, 0.15) is 0 Å². The van der Waals surface area contributed by atoms with E-state index in [0.29, 0.717) is 17.8 Å². The maximum absolute atomic E-state index is 3.69. The molecule has 1 N–H and O–H groups in total. The van der Waals surface area contributed by atoms with E-state index in [-0.39, 0.29) is 0 Å². The molecular formula is C40H60N2. The molecule has 3 aromatic rings. The van der Waals surface area contributed by atoms with Gasteiger partial charge >= 0.3 is 0 Å². The summed E-state index contributed by atoms with van der Waals surface area (Å²) in [7, 11) is 0. The second-order valence-electron chi connectivity index (χ2n) is 11.1. The summed E-state index contributed by atoms with van der Waals surface area (Å²) in [6.45, 7) is 21.4. The minimum Gasteiger partial charge on any atom is -0.383 e. The summed E-state index contributed by atoms with van der Waals surface area (Å²) >= 11 is 0. The van der Waals surface area contributed by atoms with Gasteiger partial charge in [0.15, 0.2) is 0 Å². The molecule has 2 heteroatoms. The van der Waals surface area contributed by atoms with Crippen molar-refractivity contribution in [1.29, 1.82) is 0 Å². The van der Waals surface area contributed by atoms with Crippen molar-refractivity contribution in [3.8, 4) is 5.69 Å². The van der Waals surface area contributed by atoms with Crippen LogP contribution in [0.2, 0.25) is 0 Å². The van der Waals surface area contributed by atoms with Gasteiger partial charge < -0.3 is 9.88 Å². The van der Waals surface area contributed by atoms with E-state index in [2.05, 4.69) is 142 Å². The second-order valence-corrected chi connectivity index (χ2v) is 11.1. The van der Waals surface area contributed by atoms with Crippen LogP contribution in [0.5, 0.6) is 0 Å². The van der Waals surface area contributed by atoms with Crippen LogP contribution in [0.3, 0.4) is 0 Å². The molecular weight excluding hydrogens is 508 g/mol. The largest absolute Gasteiger partial charge is 0.383 e. The Bertz CT molecular complexity index is 1150. The van der Waals surface area contributed by atoms with E-state index >= 15 is 0 Å². The highest BCUT2D eigenvalue weighted by Crippen LogP contribution is 2.38. The van der Waals surface area contributed by atoms with Crippen LogP contribution in [0.4, 0.5) is 5.69 Å². The number of allylic oxidation sites excluding steroid dienone is 5. The molecule has 1 heterocycles. The molecule has 1 aliphatic rings. The van der Waals surface area contributed by atoms with E-state index in [1.807, 2.05) is 20.8 Å². The Balaban J connectivity index is 0.000000873. The van der Waals surface area contributed by atoms with Gasteiger partial charge in [-0.15, -0.1) is 6.58 Å². The maximum Gasteiger partial charge on any atom is 0.0685 e. The predicted octanol–water partition coefficient (Wildman–Crippen LogP) is 12.3. The molecule has 0 amide bonds. The Morgan fingerprint density at radius 2 is 1.55 bits per heavy atom. The number of unbranched alkanes of at least 4 members (excludes halogenated alkanes) is 1. The van der Waals surface area contributed by atoms with Gasteiger partial charge in [0.25, 0.3) is 0 Å². The zero-order valence-electron chi connectivity index (χ0n) is 28.1. The maximum atomic E-state index is 3.69. The summed E-state index contributed by atoms with van der Waals surface area (Å²) in [5, 5.41) is 3.69. The molecule has 0 bridgehead atoms. The van der Waals surface area contributed by atoms with Crippen LogP contribution < -0.4 is 5.32 Å². The van der Waals surface area contributed by atoms with Crippen molar-refractivity contribution >= 4 is 5.69 Å². The van der Waals surface area contributed by atoms with Gasteiger partial charge in [-0.1, -0.05) is 141 Å². The minimum atomic E-state index is 0.397. The highest BCUT2D eigenvalue weighted by molar-refractivity contribution is 5.62. The summed E-state index contributed by atoms with van der Waals surface area (Å²) in [5.41, 5.74) is 6.83. The number of hydrogen-bond acceptors (Lipinski definition) is 1. The zero-order valence-corrected chi connectivity index (χ0v) is 28.1. The summed E-state index contributed by atoms with van der Waals surface area (Å²) in [5.74, 6) is 1.51. The summed E-state index contributed by atoms with van der Waals surface area (Å²) < 4.78 is 2.46. The molecule has 0 aliphatic heterocycles. The third-order valence-corrected chi connectivity index (χ3v) is 7.06. The fourth-order valence-electron chi connectivity index (χ4n) is 4.95. The Morgan fingerprint density at radius 3 is 2.12 bits per heavy atom. The lowest BCUT2D eigenvalue weighted by Crippen LogP contribution is -2.14. The zero-order chi connectivity index (χ0) is 31.2. The number of nitrogens with zero attached hydrogens (tertiary/aromatic N) is 1. The molecule has 2 aromatic carbocycles. The number of nitrogens with one attached hydrogen (secondary N) is 1. The Kier molecular flexibility index (Phi) is 19.6. The molecule has 0 saturated heterocycles. The van der Waals surface area contributed by atoms with Crippen molar-refractivity contribution in [2.75, 3.05) is 11.9 Å². The average molecular weight is 569 g/mol. The van der Waals surface area contributed by atoms with E-state index in [0.717, 1.165) is 19.4 Å². The van der Waals surface area contributed by atoms with Gasteiger partial charge in [-0.2, -0.15) is 0 Å². The van der Waals surface area contributed by atoms with E-state index in [4.69, 9.17) is 0 Å². The first kappa shape index (κ1) is 36.8. The molecule has 0 fully saturated rings. The van der Waals surface area contributed by atoms with Crippen molar-refractivity contribution in [3.63, 3.8) is 0 Å². The number of benzene rings is 2. The highest BCUT2D eigenvalue weighted by Gasteiger charge is 2.25. The fraction of sp³-hybridized carbons (Fsp3) is 0.450. The molecule has 2 unspecified atom stereocenters. The van der Waals surface area contributed by atoms with Crippen LogP contribution in [-0.2, 0) is 6.42 Å². The van der Waals surface area contributed by atoms with Crippen LogP contribution in [0, 0.1) is 5.92 Å². The fourth-order valence-corrected chi connectivity index (χ4v) is 4.95. The Morgan fingerprint density at radius 1 is 0.905 bits per heavy atom. The Labute approximate surface area is 259 Å². The molecule has 1 aliphatic carbocycles. The molecule has 1 aromatic heterocycles. The highest BCUT2D eigenvalue weighted by atomic mass is 15.0. The van der Waals surface area contributed by atoms with Gasteiger partial charge in [-0.05, 0) is 67.3 Å². The first-order chi connectivity index (χ1) is 20.5. The molecule has 2 atom stereocenters. The van der Waals surface area contributed by atoms with E-state index in [9.17, 15) is 0 Å². The quantitative estimate of drug-likeness (QED) is 0.228. The third-order valence-electron chi connectivity index (χ3n) is 7.06. The molecule has 2 nitrogen and oxygen atoms in total. The first-order valence-corrected chi connectivity index (χ1v) is 16.5. The van der Waals surface area contributed by atoms with Crippen molar-refractivity contribution in [2.24, 2.45) is 5.92 Å². The molecule has 0 radical (unpaired) electrons.